The van der Waals surface area contributed by atoms with E-state index in [4.69, 9.17) is 0 Å². The fraction of sp³-hybridized carbons (Fsp3) is 0.522. The van der Waals surface area contributed by atoms with E-state index in [1.807, 2.05) is 57.5 Å². The molecule has 2 amide bonds. The molecule has 1 saturated heterocycles. The van der Waals surface area contributed by atoms with E-state index >= 15 is 0 Å². The SMILES string of the molecule is Cc1ncsc1-c1ccc([C@H](CO)NC(=O)[C@@H]2CCCN2C(=O)CC(C)(C)C)cc1. The second-order valence-electron chi connectivity index (χ2n) is 9.12. The number of nitrogens with one attached hydrogen (secondary N) is 1. The number of aliphatic hydroxyl groups excluding tert-OH is 1. The van der Waals surface area contributed by atoms with Crippen molar-refractivity contribution < 1.29 is 14.7 Å². The lowest BCUT2D eigenvalue weighted by molar-refractivity contribution is -0.140. The van der Waals surface area contributed by atoms with Gasteiger partial charge in [0.25, 0.3) is 0 Å². The average molecular weight is 430 g/mol. The van der Waals surface area contributed by atoms with Crippen LogP contribution in [0.2, 0.25) is 0 Å². The minimum absolute atomic E-state index is 0.0185. The Kier molecular flexibility index (Phi) is 6.93. The number of carbonyl (C=O) groups is 2. The summed E-state index contributed by atoms with van der Waals surface area (Å²) in [5.41, 5.74) is 4.59. The molecule has 0 aliphatic carbocycles. The van der Waals surface area contributed by atoms with E-state index in [1.54, 1.807) is 16.2 Å². The topological polar surface area (TPSA) is 82.5 Å². The van der Waals surface area contributed by atoms with Crippen LogP contribution in [0, 0.1) is 12.3 Å². The van der Waals surface area contributed by atoms with Gasteiger partial charge in [0, 0.05) is 13.0 Å². The lowest BCUT2D eigenvalue weighted by Crippen LogP contribution is -2.48. The molecule has 6 nitrogen and oxygen atoms in total. The first-order valence-electron chi connectivity index (χ1n) is 10.4. The molecular weight excluding hydrogens is 398 g/mol. The van der Waals surface area contributed by atoms with E-state index in [9.17, 15) is 14.7 Å². The summed E-state index contributed by atoms with van der Waals surface area (Å²) in [6.07, 6.45) is 1.89. The van der Waals surface area contributed by atoms with Gasteiger partial charge in [-0.1, -0.05) is 45.0 Å². The number of nitrogens with zero attached hydrogens (tertiary/aromatic N) is 2. The number of aromatic nitrogens is 1. The molecule has 0 radical (unpaired) electrons. The van der Waals surface area contributed by atoms with Gasteiger partial charge in [0.15, 0.2) is 0 Å². The molecule has 0 spiro atoms. The van der Waals surface area contributed by atoms with Gasteiger partial charge in [0.1, 0.15) is 6.04 Å². The summed E-state index contributed by atoms with van der Waals surface area (Å²) in [5.74, 6) is -0.179. The Hall–Kier alpha value is -2.25. The number of rotatable bonds is 6. The molecule has 2 atom stereocenters. The molecule has 2 aromatic rings. The van der Waals surface area contributed by atoms with Gasteiger partial charge >= 0.3 is 0 Å². The maximum atomic E-state index is 12.9. The Labute approximate surface area is 182 Å². The average Bonchev–Trinajstić information content (AvgIpc) is 3.34. The van der Waals surface area contributed by atoms with Crippen LogP contribution in [-0.2, 0) is 9.59 Å². The van der Waals surface area contributed by atoms with Gasteiger partial charge in [0.05, 0.1) is 28.7 Å². The first kappa shape index (κ1) is 22.4. The highest BCUT2D eigenvalue weighted by molar-refractivity contribution is 7.13. The van der Waals surface area contributed by atoms with Crippen LogP contribution in [0.5, 0.6) is 0 Å². The molecule has 2 N–H and O–H groups in total. The highest BCUT2D eigenvalue weighted by Gasteiger charge is 2.36. The largest absolute Gasteiger partial charge is 0.394 e. The van der Waals surface area contributed by atoms with E-state index < -0.39 is 12.1 Å². The van der Waals surface area contributed by atoms with Gasteiger partial charge in [-0.25, -0.2) is 4.98 Å². The summed E-state index contributed by atoms with van der Waals surface area (Å²) < 4.78 is 0. The molecule has 1 aromatic carbocycles. The summed E-state index contributed by atoms with van der Waals surface area (Å²) in [6.45, 7) is 8.46. The quantitative estimate of drug-likeness (QED) is 0.734. The molecule has 1 aliphatic heterocycles. The molecule has 7 heteroatoms. The molecule has 162 valence electrons. The standard InChI is InChI=1S/C23H31N3O3S/c1-15-21(30-14-24-15)17-9-7-16(8-10-17)18(13-27)25-22(29)19-6-5-11-26(19)20(28)12-23(2,3)4/h7-10,14,18-19,27H,5-6,11-13H2,1-4H3,(H,25,29)/t18-,19-/m0/s1. The van der Waals surface area contributed by atoms with E-state index in [0.29, 0.717) is 19.4 Å². The minimum Gasteiger partial charge on any atom is -0.394 e. The van der Waals surface area contributed by atoms with Gasteiger partial charge < -0.3 is 15.3 Å². The van der Waals surface area contributed by atoms with Crippen molar-refractivity contribution in [2.75, 3.05) is 13.2 Å². The fourth-order valence-electron chi connectivity index (χ4n) is 3.84. The number of hydrogen-bond acceptors (Lipinski definition) is 5. The van der Waals surface area contributed by atoms with Crippen LogP contribution in [0.1, 0.15) is 57.3 Å². The normalized spacial score (nSPS) is 17.8. The van der Waals surface area contributed by atoms with E-state index in [1.165, 1.54) is 0 Å². The maximum Gasteiger partial charge on any atom is 0.243 e. The molecule has 30 heavy (non-hydrogen) atoms. The van der Waals surface area contributed by atoms with Crippen LogP contribution in [0.4, 0.5) is 0 Å². The molecule has 2 heterocycles. The first-order valence-corrected chi connectivity index (χ1v) is 11.3. The van der Waals surface area contributed by atoms with Crippen LogP contribution in [-0.4, -0.2) is 46.0 Å². The van der Waals surface area contributed by atoms with Crippen LogP contribution in [0.15, 0.2) is 29.8 Å². The zero-order valence-electron chi connectivity index (χ0n) is 18.1. The van der Waals surface area contributed by atoms with E-state index in [-0.39, 0.29) is 23.8 Å². The smallest absolute Gasteiger partial charge is 0.243 e. The lowest BCUT2D eigenvalue weighted by Gasteiger charge is -2.28. The fourth-order valence-corrected chi connectivity index (χ4v) is 4.65. The van der Waals surface area contributed by atoms with Gasteiger partial charge in [0.2, 0.25) is 11.8 Å². The van der Waals surface area contributed by atoms with E-state index in [0.717, 1.165) is 28.1 Å². The Balaban J connectivity index is 1.68. The minimum atomic E-state index is -0.505. The van der Waals surface area contributed by atoms with Crippen LogP contribution >= 0.6 is 11.3 Å². The molecule has 1 aliphatic rings. The third-order valence-electron chi connectivity index (χ3n) is 5.38. The zero-order chi connectivity index (χ0) is 21.9. The molecule has 3 rings (SSSR count). The van der Waals surface area contributed by atoms with Gasteiger partial charge in [-0.15, -0.1) is 11.3 Å². The van der Waals surface area contributed by atoms with Crippen molar-refractivity contribution in [1.29, 1.82) is 0 Å². The van der Waals surface area contributed by atoms with Crippen molar-refractivity contribution in [3.05, 3.63) is 41.0 Å². The van der Waals surface area contributed by atoms with Crippen LogP contribution in [0.3, 0.4) is 0 Å². The molecular formula is C23H31N3O3S. The second-order valence-corrected chi connectivity index (χ2v) is 9.97. The molecule has 1 fully saturated rings. The number of hydrogen-bond donors (Lipinski definition) is 2. The number of aryl methyl sites for hydroxylation is 1. The van der Waals surface area contributed by atoms with Crippen molar-refractivity contribution in [3.8, 4) is 10.4 Å². The highest BCUT2D eigenvalue weighted by Crippen LogP contribution is 2.29. The maximum absolute atomic E-state index is 12.9. The Morgan fingerprint density at radius 2 is 2.00 bits per heavy atom. The third kappa shape index (κ3) is 5.26. The van der Waals surface area contributed by atoms with Crippen LogP contribution < -0.4 is 5.32 Å². The summed E-state index contributed by atoms with van der Waals surface area (Å²) in [6, 6.07) is 6.85. The second kappa shape index (κ2) is 9.27. The number of carbonyl (C=O) groups excluding carboxylic acids is 2. The van der Waals surface area contributed by atoms with Crippen LogP contribution in [0.25, 0.3) is 10.4 Å². The lowest BCUT2D eigenvalue weighted by atomic mass is 9.91. The molecule has 0 bridgehead atoms. The Morgan fingerprint density at radius 1 is 1.30 bits per heavy atom. The summed E-state index contributed by atoms with van der Waals surface area (Å²) >= 11 is 1.59. The third-order valence-corrected chi connectivity index (χ3v) is 6.35. The Morgan fingerprint density at radius 3 is 2.57 bits per heavy atom. The predicted octanol–water partition coefficient (Wildman–Crippen LogP) is 3.70. The van der Waals surface area contributed by atoms with Crippen molar-refractivity contribution >= 4 is 23.2 Å². The number of likely N-dealkylation sites (tertiary alicyclic amines) is 1. The molecule has 0 unspecified atom stereocenters. The number of aliphatic hydroxyl groups is 1. The summed E-state index contributed by atoms with van der Waals surface area (Å²) in [5, 5.41) is 12.8. The zero-order valence-corrected chi connectivity index (χ0v) is 19.0. The van der Waals surface area contributed by atoms with E-state index in [2.05, 4.69) is 10.3 Å². The van der Waals surface area contributed by atoms with Gasteiger partial charge in [-0.05, 0) is 36.3 Å². The number of benzene rings is 1. The summed E-state index contributed by atoms with van der Waals surface area (Å²) in [7, 11) is 0. The predicted molar refractivity (Wildman–Crippen MR) is 119 cm³/mol. The Bertz CT molecular complexity index is 886. The first-order chi connectivity index (χ1) is 14.2. The van der Waals surface area contributed by atoms with Crippen molar-refractivity contribution in [2.45, 2.75) is 59.0 Å². The monoisotopic (exact) mass is 429 g/mol. The molecule has 1 aromatic heterocycles. The highest BCUT2D eigenvalue weighted by atomic mass is 32.1. The number of thiazole rings is 1. The van der Waals surface area contributed by atoms with Crippen molar-refractivity contribution in [3.63, 3.8) is 0 Å². The van der Waals surface area contributed by atoms with Gasteiger partial charge in [-0.3, -0.25) is 9.59 Å². The summed E-state index contributed by atoms with van der Waals surface area (Å²) in [4.78, 5) is 32.7. The number of amides is 2. The van der Waals surface area contributed by atoms with Crippen molar-refractivity contribution in [1.82, 2.24) is 15.2 Å². The van der Waals surface area contributed by atoms with Gasteiger partial charge in [-0.2, -0.15) is 0 Å². The molecule has 0 saturated carbocycles. The van der Waals surface area contributed by atoms with Crippen molar-refractivity contribution in [2.24, 2.45) is 5.41 Å².